The number of hydrogen-bond donors (Lipinski definition) is 1. The first kappa shape index (κ1) is 13.8. The molecule has 2 aromatic rings. The van der Waals surface area contributed by atoms with E-state index in [0.717, 1.165) is 12.0 Å². The minimum atomic E-state index is -0.522. The number of carbonyl (C=O) groups is 1. The van der Waals surface area contributed by atoms with E-state index < -0.39 is 5.97 Å². The molecule has 0 aromatic heterocycles. The monoisotopic (exact) mass is 268 g/mol. The van der Waals surface area contributed by atoms with Crippen molar-refractivity contribution in [3.05, 3.63) is 71.3 Å². The van der Waals surface area contributed by atoms with Gasteiger partial charge in [0.05, 0.1) is 5.56 Å². The fourth-order valence-electron chi connectivity index (χ4n) is 1.68. The van der Waals surface area contributed by atoms with Crippen molar-refractivity contribution in [3.8, 4) is 0 Å². The van der Waals surface area contributed by atoms with Gasteiger partial charge in [-0.2, -0.15) is 0 Å². The number of oxime groups is 1. The average Bonchev–Trinajstić information content (AvgIpc) is 2.53. The quantitative estimate of drug-likeness (QED) is 0.401. The number of nitrogens with zero attached hydrogens (tertiary/aromatic N) is 1. The van der Waals surface area contributed by atoms with Crippen LogP contribution >= 0.6 is 0 Å². The summed E-state index contributed by atoms with van der Waals surface area (Å²) >= 11 is 0. The summed E-state index contributed by atoms with van der Waals surface area (Å²) in [6.45, 7) is 2.05. The lowest BCUT2D eigenvalue weighted by Crippen LogP contribution is -2.15. The van der Waals surface area contributed by atoms with Crippen molar-refractivity contribution in [2.24, 2.45) is 10.9 Å². The number of rotatable bonds is 4. The van der Waals surface area contributed by atoms with Gasteiger partial charge in [0.15, 0.2) is 5.84 Å². The number of hydrogen-bond acceptors (Lipinski definition) is 3. The molecule has 0 amide bonds. The molecule has 2 aromatic carbocycles. The van der Waals surface area contributed by atoms with E-state index >= 15 is 0 Å². The van der Waals surface area contributed by atoms with Gasteiger partial charge in [0, 0.05) is 5.56 Å². The molecule has 0 heterocycles. The Morgan fingerprint density at radius 1 is 1.05 bits per heavy atom. The van der Waals surface area contributed by atoms with Crippen molar-refractivity contribution in [1.29, 1.82) is 0 Å². The molecular weight excluding hydrogens is 252 g/mol. The zero-order valence-corrected chi connectivity index (χ0v) is 11.2. The van der Waals surface area contributed by atoms with Gasteiger partial charge < -0.3 is 10.6 Å². The standard InChI is InChI=1S/C16H16N2O2/c1-2-12-8-10-14(11-9-12)16(19)20-18-15(17)13-6-4-3-5-7-13/h3-11H,2H2,1H3,(H2,17,18). The fraction of sp³-hybridized carbons (Fsp3) is 0.125. The molecule has 0 fully saturated rings. The zero-order chi connectivity index (χ0) is 14.4. The molecule has 0 bridgehead atoms. The van der Waals surface area contributed by atoms with E-state index in [1.807, 2.05) is 30.3 Å². The molecule has 0 unspecified atom stereocenters. The lowest BCUT2D eigenvalue weighted by Gasteiger charge is -2.02. The second-order valence-corrected chi connectivity index (χ2v) is 4.27. The molecule has 2 rings (SSSR count). The molecule has 0 radical (unpaired) electrons. The van der Waals surface area contributed by atoms with Gasteiger partial charge in [0.25, 0.3) is 0 Å². The Bertz CT molecular complexity index is 604. The van der Waals surface area contributed by atoms with Crippen LogP contribution in [0.15, 0.2) is 59.8 Å². The van der Waals surface area contributed by atoms with E-state index in [1.54, 1.807) is 24.3 Å². The Kier molecular flexibility index (Phi) is 4.50. The molecule has 0 aliphatic heterocycles. The Morgan fingerprint density at radius 3 is 2.30 bits per heavy atom. The summed E-state index contributed by atoms with van der Waals surface area (Å²) in [5.41, 5.74) is 8.06. The van der Waals surface area contributed by atoms with E-state index in [2.05, 4.69) is 12.1 Å². The van der Waals surface area contributed by atoms with Crippen LogP contribution in [0.2, 0.25) is 0 Å². The fourth-order valence-corrected chi connectivity index (χ4v) is 1.68. The summed E-state index contributed by atoms with van der Waals surface area (Å²) in [6.07, 6.45) is 0.925. The van der Waals surface area contributed by atoms with Gasteiger partial charge in [0.2, 0.25) is 0 Å². The smallest absolute Gasteiger partial charge is 0.365 e. The molecule has 0 aliphatic rings. The van der Waals surface area contributed by atoms with Crippen molar-refractivity contribution < 1.29 is 9.63 Å². The molecule has 102 valence electrons. The second kappa shape index (κ2) is 6.52. The van der Waals surface area contributed by atoms with Crippen LogP contribution in [0.25, 0.3) is 0 Å². The summed E-state index contributed by atoms with van der Waals surface area (Å²) in [5.74, 6) is -0.351. The topological polar surface area (TPSA) is 64.7 Å². The van der Waals surface area contributed by atoms with Crippen LogP contribution in [0.1, 0.15) is 28.4 Å². The highest BCUT2D eigenvalue weighted by molar-refractivity contribution is 5.98. The summed E-state index contributed by atoms with van der Waals surface area (Å²) in [6, 6.07) is 16.3. The van der Waals surface area contributed by atoms with Gasteiger partial charge in [0.1, 0.15) is 0 Å². The second-order valence-electron chi connectivity index (χ2n) is 4.27. The first-order valence-corrected chi connectivity index (χ1v) is 6.40. The van der Waals surface area contributed by atoms with Crippen molar-refractivity contribution in [1.82, 2.24) is 0 Å². The van der Waals surface area contributed by atoms with Gasteiger partial charge in [-0.25, -0.2) is 4.79 Å². The van der Waals surface area contributed by atoms with E-state index in [-0.39, 0.29) is 5.84 Å². The van der Waals surface area contributed by atoms with Gasteiger partial charge in [-0.15, -0.1) is 0 Å². The molecule has 4 heteroatoms. The maximum Gasteiger partial charge on any atom is 0.365 e. The van der Waals surface area contributed by atoms with Crippen molar-refractivity contribution in [2.75, 3.05) is 0 Å². The van der Waals surface area contributed by atoms with Gasteiger partial charge in [-0.3, -0.25) is 0 Å². The van der Waals surface area contributed by atoms with Crippen LogP contribution in [0, 0.1) is 0 Å². The first-order valence-electron chi connectivity index (χ1n) is 6.40. The van der Waals surface area contributed by atoms with Crippen molar-refractivity contribution >= 4 is 11.8 Å². The van der Waals surface area contributed by atoms with Gasteiger partial charge >= 0.3 is 5.97 Å². The zero-order valence-electron chi connectivity index (χ0n) is 11.2. The van der Waals surface area contributed by atoms with Crippen molar-refractivity contribution in [3.63, 3.8) is 0 Å². The Morgan fingerprint density at radius 2 is 1.70 bits per heavy atom. The highest BCUT2D eigenvalue weighted by Crippen LogP contribution is 2.07. The molecular formula is C16H16N2O2. The Labute approximate surface area is 117 Å². The third-order valence-electron chi connectivity index (χ3n) is 2.89. The molecule has 20 heavy (non-hydrogen) atoms. The van der Waals surface area contributed by atoms with E-state index in [1.165, 1.54) is 0 Å². The van der Waals surface area contributed by atoms with Crippen LogP contribution < -0.4 is 5.73 Å². The van der Waals surface area contributed by atoms with Gasteiger partial charge in [-0.1, -0.05) is 54.5 Å². The summed E-state index contributed by atoms with van der Waals surface area (Å²) in [5, 5.41) is 3.66. The minimum Gasteiger partial charge on any atom is -0.380 e. The first-order chi connectivity index (χ1) is 9.70. The average molecular weight is 268 g/mol. The molecule has 0 saturated heterocycles. The summed E-state index contributed by atoms with van der Waals surface area (Å²) < 4.78 is 0. The van der Waals surface area contributed by atoms with Crippen LogP contribution in [-0.4, -0.2) is 11.8 Å². The molecule has 0 aliphatic carbocycles. The number of benzene rings is 2. The number of carbonyl (C=O) groups excluding carboxylic acids is 1. The van der Waals surface area contributed by atoms with Crippen LogP contribution in [0.5, 0.6) is 0 Å². The van der Waals surface area contributed by atoms with Crippen LogP contribution in [0.4, 0.5) is 0 Å². The maximum absolute atomic E-state index is 11.8. The molecule has 4 nitrogen and oxygen atoms in total. The predicted molar refractivity (Wildman–Crippen MR) is 78.4 cm³/mol. The third kappa shape index (κ3) is 3.45. The van der Waals surface area contributed by atoms with Crippen LogP contribution in [0.3, 0.4) is 0 Å². The lowest BCUT2D eigenvalue weighted by molar-refractivity contribution is 0.0516. The molecule has 0 atom stereocenters. The molecule has 0 saturated carbocycles. The van der Waals surface area contributed by atoms with Crippen molar-refractivity contribution in [2.45, 2.75) is 13.3 Å². The third-order valence-corrected chi connectivity index (χ3v) is 2.89. The highest BCUT2D eigenvalue weighted by atomic mass is 16.7. The number of amidine groups is 1. The molecule has 2 N–H and O–H groups in total. The Hall–Kier alpha value is -2.62. The molecule has 0 spiro atoms. The van der Waals surface area contributed by atoms with E-state index in [0.29, 0.717) is 11.1 Å². The maximum atomic E-state index is 11.8. The predicted octanol–water partition coefficient (Wildman–Crippen LogP) is 2.73. The SMILES string of the molecule is CCc1ccc(C(=O)O/N=C(\N)c2ccccc2)cc1. The largest absolute Gasteiger partial charge is 0.380 e. The minimum absolute atomic E-state index is 0.170. The summed E-state index contributed by atoms with van der Waals surface area (Å²) in [4.78, 5) is 16.6. The van der Waals surface area contributed by atoms with Gasteiger partial charge in [-0.05, 0) is 24.1 Å². The van der Waals surface area contributed by atoms with E-state index in [4.69, 9.17) is 10.6 Å². The lowest BCUT2D eigenvalue weighted by atomic mass is 10.1. The number of aryl methyl sites for hydroxylation is 1. The highest BCUT2D eigenvalue weighted by Gasteiger charge is 2.07. The normalized spacial score (nSPS) is 11.2. The summed E-state index contributed by atoms with van der Waals surface area (Å²) in [7, 11) is 0. The Balaban J connectivity index is 2.04. The van der Waals surface area contributed by atoms with E-state index in [9.17, 15) is 4.79 Å². The van der Waals surface area contributed by atoms with Crippen LogP contribution in [-0.2, 0) is 11.3 Å². The number of nitrogens with two attached hydrogens (primary N) is 1.